The third-order valence-corrected chi connectivity index (χ3v) is 3.24. The highest BCUT2D eigenvalue weighted by molar-refractivity contribution is 5.95. The van der Waals surface area contributed by atoms with Crippen LogP contribution >= 0.6 is 0 Å². The number of ether oxygens (including phenoxy) is 1. The van der Waals surface area contributed by atoms with Gasteiger partial charge in [0.15, 0.2) is 0 Å². The standard InChI is InChI=1S/C16H20FN3O3/c1-3-15-14(9-20(2)19-15)16(22)18-8-12(21)10-23-13-6-4-11(17)5-7-13/h4-7,9,12,21H,3,8,10H2,1-2H3,(H,18,22). The summed E-state index contributed by atoms with van der Waals surface area (Å²) in [5, 5.41) is 16.7. The van der Waals surface area contributed by atoms with Crippen LogP contribution in [0.2, 0.25) is 0 Å². The first-order valence-corrected chi connectivity index (χ1v) is 7.36. The number of aliphatic hydroxyl groups is 1. The smallest absolute Gasteiger partial charge is 0.254 e. The van der Waals surface area contributed by atoms with Crippen LogP contribution in [0.3, 0.4) is 0 Å². The number of aryl methyl sites for hydroxylation is 2. The van der Waals surface area contributed by atoms with E-state index in [1.807, 2.05) is 6.92 Å². The molecule has 1 unspecified atom stereocenters. The number of benzene rings is 1. The zero-order valence-corrected chi connectivity index (χ0v) is 13.1. The molecule has 1 heterocycles. The lowest BCUT2D eigenvalue weighted by molar-refractivity contribution is 0.0843. The number of nitrogens with zero attached hydrogens (tertiary/aromatic N) is 2. The summed E-state index contributed by atoms with van der Waals surface area (Å²) in [5.74, 6) is -0.179. The Morgan fingerprint density at radius 1 is 1.43 bits per heavy atom. The van der Waals surface area contributed by atoms with Crippen LogP contribution in [-0.4, -0.2) is 40.0 Å². The Morgan fingerprint density at radius 2 is 2.13 bits per heavy atom. The molecule has 6 nitrogen and oxygen atoms in total. The van der Waals surface area contributed by atoms with E-state index in [9.17, 15) is 14.3 Å². The molecular formula is C16H20FN3O3. The summed E-state index contributed by atoms with van der Waals surface area (Å²) in [6.07, 6.45) is 1.43. The van der Waals surface area contributed by atoms with Gasteiger partial charge in [0.05, 0.1) is 11.3 Å². The van der Waals surface area contributed by atoms with Gasteiger partial charge in [-0.05, 0) is 30.7 Å². The second kappa shape index (κ2) is 7.73. The van der Waals surface area contributed by atoms with Gasteiger partial charge in [0.1, 0.15) is 24.3 Å². The molecule has 0 fully saturated rings. The molecule has 1 aromatic heterocycles. The Hall–Kier alpha value is -2.41. The van der Waals surface area contributed by atoms with Crippen LogP contribution in [0, 0.1) is 5.82 Å². The van der Waals surface area contributed by atoms with E-state index in [0.717, 1.165) is 0 Å². The van der Waals surface area contributed by atoms with E-state index < -0.39 is 6.10 Å². The quantitative estimate of drug-likeness (QED) is 0.806. The van der Waals surface area contributed by atoms with Gasteiger partial charge >= 0.3 is 0 Å². The number of amides is 1. The molecule has 1 amide bonds. The van der Waals surface area contributed by atoms with E-state index in [4.69, 9.17) is 4.74 Å². The lowest BCUT2D eigenvalue weighted by atomic mass is 10.2. The van der Waals surface area contributed by atoms with Crippen molar-refractivity contribution in [1.82, 2.24) is 15.1 Å². The second-order valence-electron chi connectivity index (χ2n) is 5.15. The van der Waals surface area contributed by atoms with E-state index in [0.29, 0.717) is 23.4 Å². The number of carbonyl (C=O) groups is 1. The number of hydrogen-bond donors (Lipinski definition) is 2. The van der Waals surface area contributed by atoms with Gasteiger partial charge < -0.3 is 15.2 Å². The number of aromatic nitrogens is 2. The number of hydrogen-bond acceptors (Lipinski definition) is 4. The molecular weight excluding hydrogens is 301 g/mol. The summed E-state index contributed by atoms with van der Waals surface area (Å²) < 4.78 is 19.7. The van der Waals surface area contributed by atoms with Crippen LogP contribution in [0.5, 0.6) is 5.75 Å². The van der Waals surface area contributed by atoms with Crippen molar-refractivity contribution >= 4 is 5.91 Å². The number of nitrogens with one attached hydrogen (secondary N) is 1. The summed E-state index contributed by atoms with van der Waals surface area (Å²) in [4.78, 5) is 12.1. The van der Waals surface area contributed by atoms with E-state index in [-0.39, 0.29) is 24.9 Å². The summed E-state index contributed by atoms with van der Waals surface area (Å²) in [6.45, 7) is 1.97. The molecule has 2 aromatic rings. The molecule has 0 bridgehead atoms. The Labute approximate surface area is 133 Å². The van der Waals surface area contributed by atoms with E-state index in [1.54, 1.807) is 17.9 Å². The van der Waals surface area contributed by atoms with Crippen LogP contribution in [0.1, 0.15) is 23.0 Å². The Morgan fingerprint density at radius 3 is 2.78 bits per heavy atom. The van der Waals surface area contributed by atoms with Gasteiger partial charge in [-0.3, -0.25) is 9.48 Å². The average Bonchev–Trinajstić information content (AvgIpc) is 2.93. The molecule has 0 spiro atoms. The summed E-state index contributed by atoms with van der Waals surface area (Å²) in [6, 6.07) is 5.50. The van der Waals surface area contributed by atoms with Gasteiger partial charge in [-0.25, -0.2) is 4.39 Å². The van der Waals surface area contributed by atoms with Crippen LogP contribution in [0.15, 0.2) is 30.5 Å². The van der Waals surface area contributed by atoms with Gasteiger partial charge in [-0.2, -0.15) is 5.10 Å². The van der Waals surface area contributed by atoms with Crippen molar-refractivity contribution in [3.8, 4) is 5.75 Å². The monoisotopic (exact) mass is 321 g/mol. The van der Waals surface area contributed by atoms with Crippen molar-refractivity contribution in [1.29, 1.82) is 0 Å². The molecule has 0 radical (unpaired) electrons. The number of aliphatic hydroxyl groups excluding tert-OH is 1. The van der Waals surface area contributed by atoms with Crippen molar-refractivity contribution < 1.29 is 19.0 Å². The molecule has 0 saturated heterocycles. The largest absolute Gasteiger partial charge is 0.491 e. The lowest BCUT2D eigenvalue weighted by Crippen LogP contribution is -2.35. The fourth-order valence-electron chi connectivity index (χ4n) is 2.07. The highest BCUT2D eigenvalue weighted by Crippen LogP contribution is 2.11. The molecule has 7 heteroatoms. The molecule has 2 rings (SSSR count). The molecule has 0 saturated carbocycles. The third kappa shape index (κ3) is 4.79. The summed E-state index contributed by atoms with van der Waals surface area (Å²) >= 11 is 0. The van der Waals surface area contributed by atoms with Crippen molar-refractivity contribution in [3.05, 3.63) is 47.5 Å². The zero-order valence-electron chi connectivity index (χ0n) is 13.1. The fraction of sp³-hybridized carbons (Fsp3) is 0.375. The predicted molar refractivity (Wildman–Crippen MR) is 82.8 cm³/mol. The number of halogens is 1. The number of carbonyl (C=O) groups excluding carboxylic acids is 1. The Kier molecular flexibility index (Phi) is 5.70. The minimum absolute atomic E-state index is 0.000410. The molecule has 1 aromatic carbocycles. The molecule has 0 aliphatic carbocycles. The Balaban J connectivity index is 1.80. The van der Waals surface area contributed by atoms with Gasteiger partial charge in [0, 0.05) is 19.8 Å². The van der Waals surface area contributed by atoms with Crippen molar-refractivity contribution in [2.45, 2.75) is 19.4 Å². The minimum Gasteiger partial charge on any atom is -0.491 e. The maximum absolute atomic E-state index is 12.8. The lowest BCUT2D eigenvalue weighted by Gasteiger charge is -2.13. The Bertz CT molecular complexity index is 655. The van der Waals surface area contributed by atoms with E-state index in [2.05, 4.69) is 10.4 Å². The van der Waals surface area contributed by atoms with E-state index >= 15 is 0 Å². The molecule has 23 heavy (non-hydrogen) atoms. The maximum atomic E-state index is 12.8. The average molecular weight is 321 g/mol. The molecule has 2 N–H and O–H groups in total. The molecule has 0 aliphatic rings. The van der Waals surface area contributed by atoms with Crippen molar-refractivity contribution in [2.24, 2.45) is 7.05 Å². The predicted octanol–water partition coefficient (Wildman–Crippen LogP) is 1.29. The highest BCUT2D eigenvalue weighted by Gasteiger charge is 2.15. The van der Waals surface area contributed by atoms with Crippen LogP contribution in [0.4, 0.5) is 4.39 Å². The summed E-state index contributed by atoms with van der Waals surface area (Å²) in [5.41, 5.74) is 1.21. The van der Waals surface area contributed by atoms with E-state index in [1.165, 1.54) is 24.3 Å². The fourth-order valence-corrected chi connectivity index (χ4v) is 2.07. The normalized spacial score (nSPS) is 12.0. The van der Waals surface area contributed by atoms with Gasteiger partial charge in [0.2, 0.25) is 0 Å². The molecule has 0 aliphatic heterocycles. The molecule has 1 atom stereocenters. The second-order valence-corrected chi connectivity index (χ2v) is 5.15. The first-order valence-electron chi connectivity index (χ1n) is 7.36. The third-order valence-electron chi connectivity index (χ3n) is 3.24. The SMILES string of the molecule is CCc1nn(C)cc1C(=O)NCC(O)COc1ccc(F)cc1. The zero-order chi connectivity index (χ0) is 16.8. The first kappa shape index (κ1) is 17.0. The highest BCUT2D eigenvalue weighted by atomic mass is 19.1. The van der Waals surface area contributed by atoms with Crippen molar-refractivity contribution in [3.63, 3.8) is 0 Å². The van der Waals surface area contributed by atoms with Crippen molar-refractivity contribution in [2.75, 3.05) is 13.2 Å². The summed E-state index contributed by atoms with van der Waals surface area (Å²) in [7, 11) is 1.75. The van der Waals surface area contributed by atoms with Gasteiger partial charge in [-0.15, -0.1) is 0 Å². The van der Waals surface area contributed by atoms with Gasteiger partial charge in [0.25, 0.3) is 5.91 Å². The minimum atomic E-state index is -0.870. The van der Waals surface area contributed by atoms with Crippen LogP contribution in [-0.2, 0) is 13.5 Å². The van der Waals surface area contributed by atoms with Crippen LogP contribution < -0.4 is 10.1 Å². The topological polar surface area (TPSA) is 76.4 Å². The van der Waals surface area contributed by atoms with Crippen LogP contribution in [0.25, 0.3) is 0 Å². The van der Waals surface area contributed by atoms with Gasteiger partial charge in [-0.1, -0.05) is 6.92 Å². The molecule has 124 valence electrons. The maximum Gasteiger partial charge on any atom is 0.254 e. The first-order chi connectivity index (χ1) is 11.0. The number of rotatable bonds is 7.